The number of ether oxygens (including phenoxy) is 3. The Balaban J connectivity index is 2.59. The standard InChI is InChI=1S/C16H27NO3/c1-5-18-15-12-13(8-9-17)6-7-14(15)19-10-11-20-16(2,3)4/h6-7,12H,5,8-11,17H2,1-4H3. The van der Waals surface area contributed by atoms with Crippen LogP contribution < -0.4 is 15.2 Å². The minimum atomic E-state index is -0.142. The van der Waals surface area contributed by atoms with Gasteiger partial charge in [-0.05, 0) is 58.4 Å². The summed E-state index contributed by atoms with van der Waals surface area (Å²) in [4.78, 5) is 0. The summed E-state index contributed by atoms with van der Waals surface area (Å²) in [5.74, 6) is 1.53. The molecule has 0 bridgehead atoms. The van der Waals surface area contributed by atoms with Crippen molar-refractivity contribution in [2.45, 2.75) is 39.7 Å². The molecule has 0 aromatic heterocycles. The Labute approximate surface area is 122 Å². The molecule has 1 aromatic rings. The normalized spacial score (nSPS) is 11.4. The van der Waals surface area contributed by atoms with Gasteiger partial charge in [0.15, 0.2) is 11.5 Å². The maximum absolute atomic E-state index is 5.74. The predicted molar refractivity (Wildman–Crippen MR) is 81.6 cm³/mol. The van der Waals surface area contributed by atoms with Gasteiger partial charge in [0.25, 0.3) is 0 Å². The van der Waals surface area contributed by atoms with Gasteiger partial charge in [0.2, 0.25) is 0 Å². The third kappa shape index (κ3) is 6.26. The molecule has 1 rings (SSSR count). The molecule has 0 aliphatic rings. The molecule has 20 heavy (non-hydrogen) atoms. The van der Waals surface area contributed by atoms with Crippen molar-refractivity contribution in [1.29, 1.82) is 0 Å². The van der Waals surface area contributed by atoms with Gasteiger partial charge in [0.1, 0.15) is 6.61 Å². The van der Waals surface area contributed by atoms with Crippen molar-refractivity contribution in [3.05, 3.63) is 23.8 Å². The number of nitrogens with two attached hydrogens (primary N) is 1. The number of benzene rings is 1. The van der Waals surface area contributed by atoms with Gasteiger partial charge in [0, 0.05) is 0 Å². The van der Waals surface area contributed by atoms with Crippen molar-refractivity contribution in [2.75, 3.05) is 26.4 Å². The van der Waals surface area contributed by atoms with Gasteiger partial charge in [-0.15, -0.1) is 0 Å². The first-order valence-corrected chi connectivity index (χ1v) is 7.19. The van der Waals surface area contributed by atoms with Crippen LogP contribution in [0, 0.1) is 0 Å². The lowest BCUT2D eigenvalue weighted by Crippen LogP contribution is -2.22. The molecule has 0 atom stereocenters. The molecule has 1 aromatic carbocycles. The number of hydrogen-bond acceptors (Lipinski definition) is 4. The van der Waals surface area contributed by atoms with Gasteiger partial charge >= 0.3 is 0 Å². The quantitative estimate of drug-likeness (QED) is 0.744. The fraction of sp³-hybridized carbons (Fsp3) is 0.625. The van der Waals surface area contributed by atoms with Gasteiger partial charge in [-0.1, -0.05) is 6.07 Å². The van der Waals surface area contributed by atoms with E-state index >= 15 is 0 Å². The maximum Gasteiger partial charge on any atom is 0.161 e. The van der Waals surface area contributed by atoms with Crippen LogP contribution in [-0.4, -0.2) is 32.0 Å². The van der Waals surface area contributed by atoms with Crippen LogP contribution in [0.1, 0.15) is 33.3 Å². The molecule has 0 fully saturated rings. The summed E-state index contributed by atoms with van der Waals surface area (Å²) >= 11 is 0. The third-order valence-corrected chi connectivity index (χ3v) is 2.62. The van der Waals surface area contributed by atoms with Crippen molar-refractivity contribution in [2.24, 2.45) is 5.73 Å². The zero-order chi connectivity index (χ0) is 15.0. The second kappa shape index (κ2) is 8.12. The van der Waals surface area contributed by atoms with Crippen LogP contribution in [-0.2, 0) is 11.2 Å². The highest BCUT2D eigenvalue weighted by Crippen LogP contribution is 2.28. The van der Waals surface area contributed by atoms with E-state index in [4.69, 9.17) is 19.9 Å². The van der Waals surface area contributed by atoms with E-state index in [1.165, 1.54) is 0 Å². The van der Waals surface area contributed by atoms with Crippen LogP contribution in [0.15, 0.2) is 18.2 Å². The van der Waals surface area contributed by atoms with Crippen LogP contribution >= 0.6 is 0 Å². The lowest BCUT2D eigenvalue weighted by molar-refractivity contribution is -0.0165. The summed E-state index contributed by atoms with van der Waals surface area (Å²) in [5, 5.41) is 0. The zero-order valence-electron chi connectivity index (χ0n) is 13.1. The molecule has 2 N–H and O–H groups in total. The van der Waals surface area contributed by atoms with E-state index in [1.54, 1.807) is 0 Å². The first-order chi connectivity index (χ1) is 9.46. The van der Waals surface area contributed by atoms with E-state index < -0.39 is 0 Å². The summed E-state index contributed by atoms with van der Waals surface area (Å²) in [5.41, 5.74) is 6.59. The molecule has 4 heteroatoms. The van der Waals surface area contributed by atoms with E-state index in [2.05, 4.69) is 0 Å². The summed E-state index contributed by atoms with van der Waals surface area (Å²) in [6, 6.07) is 5.96. The predicted octanol–water partition coefficient (Wildman–Crippen LogP) is 2.78. The van der Waals surface area contributed by atoms with Gasteiger partial charge in [-0.3, -0.25) is 0 Å². The second-order valence-electron chi connectivity index (χ2n) is 5.56. The first kappa shape index (κ1) is 16.8. The Morgan fingerprint density at radius 2 is 1.80 bits per heavy atom. The lowest BCUT2D eigenvalue weighted by atomic mass is 10.1. The Kier molecular flexibility index (Phi) is 6.82. The highest BCUT2D eigenvalue weighted by molar-refractivity contribution is 5.43. The van der Waals surface area contributed by atoms with Crippen molar-refractivity contribution < 1.29 is 14.2 Å². The van der Waals surface area contributed by atoms with Crippen LogP contribution in [0.5, 0.6) is 11.5 Å². The van der Waals surface area contributed by atoms with Crippen LogP contribution in [0.3, 0.4) is 0 Å². The molecule has 0 aliphatic heterocycles. The highest BCUT2D eigenvalue weighted by Gasteiger charge is 2.10. The molecule has 0 heterocycles. The van der Waals surface area contributed by atoms with Gasteiger partial charge in [-0.25, -0.2) is 0 Å². The Morgan fingerprint density at radius 1 is 1.05 bits per heavy atom. The van der Waals surface area contributed by atoms with E-state index in [-0.39, 0.29) is 5.60 Å². The van der Waals surface area contributed by atoms with E-state index in [0.717, 1.165) is 23.5 Å². The largest absolute Gasteiger partial charge is 0.490 e. The lowest BCUT2D eigenvalue weighted by Gasteiger charge is -2.20. The molecular weight excluding hydrogens is 254 g/mol. The molecule has 0 spiro atoms. The molecule has 4 nitrogen and oxygen atoms in total. The summed E-state index contributed by atoms with van der Waals surface area (Å²) in [6.07, 6.45) is 0.841. The smallest absolute Gasteiger partial charge is 0.161 e. The van der Waals surface area contributed by atoms with Crippen molar-refractivity contribution in [3.8, 4) is 11.5 Å². The molecule has 0 radical (unpaired) electrons. The third-order valence-electron chi connectivity index (χ3n) is 2.62. The molecule has 0 amide bonds. The van der Waals surface area contributed by atoms with E-state index in [9.17, 15) is 0 Å². The zero-order valence-corrected chi connectivity index (χ0v) is 13.1. The average molecular weight is 281 g/mol. The SMILES string of the molecule is CCOc1cc(CCN)ccc1OCCOC(C)(C)C. The Morgan fingerprint density at radius 3 is 2.40 bits per heavy atom. The molecule has 0 saturated heterocycles. The van der Waals surface area contributed by atoms with Crippen molar-refractivity contribution in [1.82, 2.24) is 0 Å². The maximum atomic E-state index is 5.74. The number of rotatable bonds is 8. The van der Waals surface area contributed by atoms with Crippen molar-refractivity contribution in [3.63, 3.8) is 0 Å². The molecule has 0 aliphatic carbocycles. The number of hydrogen-bond donors (Lipinski definition) is 1. The fourth-order valence-electron chi connectivity index (χ4n) is 1.76. The van der Waals surface area contributed by atoms with Gasteiger partial charge in [0.05, 0.1) is 18.8 Å². The van der Waals surface area contributed by atoms with Crippen LogP contribution in [0.25, 0.3) is 0 Å². The molecule has 114 valence electrons. The van der Waals surface area contributed by atoms with Gasteiger partial charge in [-0.2, -0.15) is 0 Å². The highest BCUT2D eigenvalue weighted by atomic mass is 16.5. The van der Waals surface area contributed by atoms with Crippen molar-refractivity contribution >= 4 is 0 Å². The van der Waals surface area contributed by atoms with Crippen LogP contribution in [0.2, 0.25) is 0 Å². The summed E-state index contributed by atoms with van der Waals surface area (Å²) < 4.78 is 17.0. The van der Waals surface area contributed by atoms with E-state index in [1.807, 2.05) is 45.9 Å². The second-order valence-corrected chi connectivity index (χ2v) is 5.56. The summed E-state index contributed by atoms with van der Waals surface area (Å²) in [6.45, 7) is 10.3. The Hall–Kier alpha value is -1.26. The van der Waals surface area contributed by atoms with E-state index in [0.29, 0.717) is 26.4 Å². The first-order valence-electron chi connectivity index (χ1n) is 7.19. The van der Waals surface area contributed by atoms with Gasteiger partial charge < -0.3 is 19.9 Å². The monoisotopic (exact) mass is 281 g/mol. The average Bonchev–Trinajstić information content (AvgIpc) is 2.36. The summed E-state index contributed by atoms with van der Waals surface area (Å²) in [7, 11) is 0. The molecule has 0 unspecified atom stereocenters. The molecular formula is C16H27NO3. The minimum Gasteiger partial charge on any atom is -0.490 e. The van der Waals surface area contributed by atoms with Crippen LogP contribution in [0.4, 0.5) is 0 Å². The fourth-order valence-corrected chi connectivity index (χ4v) is 1.76. The molecule has 0 saturated carbocycles. The minimum absolute atomic E-state index is 0.142. The Bertz CT molecular complexity index is 399. The topological polar surface area (TPSA) is 53.7 Å².